The average molecular weight is 231 g/mol. The molecule has 1 aliphatic heterocycles. The highest BCUT2D eigenvalue weighted by molar-refractivity contribution is 6.01. The van der Waals surface area contributed by atoms with Crippen LogP contribution in [0.3, 0.4) is 0 Å². The lowest BCUT2D eigenvalue weighted by molar-refractivity contribution is -0.177. The maximum atomic E-state index is 11.0. The van der Waals surface area contributed by atoms with Crippen LogP contribution in [0, 0.1) is 0 Å². The number of rotatable bonds is 5. The molecule has 0 radical (unpaired) electrons. The standard InChI is InChI=1S/C9H13NO6/c1-14-5-2-6-15-9(13)16-10-7(11)3-4-8(10)12/h2-6H2,1H3. The van der Waals surface area contributed by atoms with E-state index >= 15 is 0 Å². The summed E-state index contributed by atoms with van der Waals surface area (Å²) in [6.45, 7) is 0.567. The molecular weight excluding hydrogens is 218 g/mol. The number of carbonyl (C=O) groups is 3. The molecule has 1 fully saturated rings. The Morgan fingerprint density at radius 3 is 2.44 bits per heavy atom. The number of hydroxylamine groups is 2. The molecule has 0 aliphatic carbocycles. The Morgan fingerprint density at radius 1 is 1.25 bits per heavy atom. The second-order valence-electron chi connectivity index (χ2n) is 3.12. The van der Waals surface area contributed by atoms with E-state index in [1.54, 1.807) is 0 Å². The highest BCUT2D eigenvalue weighted by atomic mass is 16.8. The number of hydrogen-bond donors (Lipinski definition) is 0. The van der Waals surface area contributed by atoms with Gasteiger partial charge in [-0.25, -0.2) is 4.79 Å². The van der Waals surface area contributed by atoms with Gasteiger partial charge in [-0.1, -0.05) is 5.06 Å². The Morgan fingerprint density at radius 2 is 1.88 bits per heavy atom. The van der Waals surface area contributed by atoms with Crippen LogP contribution in [0.2, 0.25) is 0 Å². The van der Waals surface area contributed by atoms with Crippen molar-refractivity contribution in [2.24, 2.45) is 0 Å². The van der Waals surface area contributed by atoms with Crippen molar-refractivity contribution in [2.45, 2.75) is 19.3 Å². The lowest BCUT2D eigenvalue weighted by atomic mass is 10.4. The highest BCUT2D eigenvalue weighted by Gasteiger charge is 2.33. The van der Waals surface area contributed by atoms with Crippen molar-refractivity contribution in [3.05, 3.63) is 0 Å². The van der Waals surface area contributed by atoms with Gasteiger partial charge in [0.25, 0.3) is 11.8 Å². The molecule has 7 nitrogen and oxygen atoms in total. The van der Waals surface area contributed by atoms with Gasteiger partial charge in [-0.05, 0) is 0 Å². The van der Waals surface area contributed by atoms with Crippen molar-refractivity contribution in [3.63, 3.8) is 0 Å². The van der Waals surface area contributed by atoms with Gasteiger partial charge in [-0.3, -0.25) is 14.4 Å². The van der Waals surface area contributed by atoms with Crippen LogP contribution in [0.25, 0.3) is 0 Å². The van der Waals surface area contributed by atoms with E-state index in [1.807, 2.05) is 0 Å². The summed E-state index contributed by atoms with van der Waals surface area (Å²) in [6.07, 6.45) is -0.404. The highest BCUT2D eigenvalue weighted by Crippen LogP contribution is 2.12. The number of amides is 2. The molecule has 16 heavy (non-hydrogen) atoms. The summed E-state index contributed by atoms with van der Waals surface area (Å²) < 4.78 is 9.36. The Labute approximate surface area is 92.2 Å². The number of nitrogens with zero attached hydrogens (tertiary/aromatic N) is 1. The normalized spacial score (nSPS) is 15.4. The predicted octanol–water partition coefficient (Wildman–Crippen LogP) is 0.240. The molecule has 2 amide bonds. The van der Waals surface area contributed by atoms with Crippen LogP contribution in [0.4, 0.5) is 4.79 Å². The van der Waals surface area contributed by atoms with Crippen molar-refractivity contribution >= 4 is 18.0 Å². The molecule has 0 aromatic rings. The first kappa shape index (κ1) is 12.4. The van der Waals surface area contributed by atoms with Gasteiger partial charge in [-0.2, -0.15) is 0 Å². The maximum Gasteiger partial charge on any atom is 0.533 e. The minimum atomic E-state index is -1.06. The third-order valence-corrected chi connectivity index (χ3v) is 1.88. The molecule has 0 aromatic carbocycles. The summed E-state index contributed by atoms with van der Waals surface area (Å²) in [5.74, 6) is -1.06. The third-order valence-electron chi connectivity index (χ3n) is 1.88. The quantitative estimate of drug-likeness (QED) is 0.383. The molecular formula is C9H13NO6. The Bertz CT molecular complexity index is 274. The third kappa shape index (κ3) is 3.50. The predicted molar refractivity (Wildman–Crippen MR) is 50.0 cm³/mol. The van der Waals surface area contributed by atoms with E-state index in [0.717, 1.165) is 0 Å². The fraction of sp³-hybridized carbons (Fsp3) is 0.667. The van der Waals surface area contributed by atoms with Crippen molar-refractivity contribution in [2.75, 3.05) is 20.3 Å². The van der Waals surface area contributed by atoms with E-state index in [2.05, 4.69) is 9.57 Å². The summed E-state index contributed by atoms with van der Waals surface area (Å²) in [7, 11) is 1.53. The van der Waals surface area contributed by atoms with Crippen molar-refractivity contribution in [1.29, 1.82) is 0 Å². The molecule has 90 valence electrons. The topological polar surface area (TPSA) is 82.1 Å². The summed E-state index contributed by atoms with van der Waals surface area (Å²) in [6, 6.07) is 0. The van der Waals surface area contributed by atoms with Gasteiger partial charge in [0.05, 0.1) is 6.61 Å². The molecule has 0 spiro atoms. The fourth-order valence-electron chi connectivity index (χ4n) is 1.12. The van der Waals surface area contributed by atoms with Crippen LogP contribution >= 0.6 is 0 Å². The summed E-state index contributed by atoms with van der Waals surface area (Å²) in [5, 5.41) is 0.443. The molecule has 0 atom stereocenters. The van der Waals surface area contributed by atoms with Gasteiger partial charge in [-0.15, -0.1) is 0 Å². The smallest absolute Gasteiger partial charge is 0.433 e. The van der Waals surface area contributed by atoms with Crippen molar-refractivity contribution in [3.8, 4) is 0 Å². The molecule has 1 rings (SSSR count). The minimum Gasteiger partial charge on any atom is -0.433 e. The van der Waals surface area contributed by atoms with Crippen LogP contribution < -0.4 is 0 Å². The van der Waals surface area contributed by atoms with E-state index in [0.29, 0.717) is 18.1 Å². The lowest BCUT2D eigenvalue weighted by Gasteiger charge is -2.12. The summed E-state index contributed by atoms with van der Waals surface area (Å²) >= 11 is 0. The minimum absolute atomic E-state index is 0.0653. The maximum absolute atomic E-state index is 11.0. The van der Waals surface area contributed by atoms with E-state index in [1.165, 1.54) is 7.11 Å². The molecule has 0 bridgehead atoms. The molecule has 0 N–H and O–H groups in total. The van der Waals surface area contributed by atoms with Crippen molar-refractivity contribution in [1.82, 2.24) is 5.06 Å². The lowest BCUT2D eigenvalue weighted by Crippen LogP contribution is -2.32. The second-order valence-corrected chi connectivity index (χ2v) is 3.12. The molecule has 1 heterocycles. The summed E-state index contributed by atoms with van der Waals surface area (Å²) in [4.78, 5) is 37.6. The van der Waals surface area contributed by atoms with E-state index < -0.39 is 18.0 Å². The molecule has 0 saturated carbocycles. The van der Waals surface area contributed by atoms with Gasteiger partial charge in [0.2, 0.25) is 0 Å². The number of carbonyl (C=O) groups excluding carboxylic acids is 3. The first-order valence-corrected chi connectivity index (χ1v) is 4.84. The monoisotopic (exact) mass is 231 g/mol. The molecule has 0 aromatic heterocycles. The first-order chi connectivity index (χ1) is 7.65. The molecule has 0 unspecified atom stereocenters. The van der Waals surface area contributed by atoms with E-state index in [9.17, 15) is 14.4 Å². The van der Waals surface area contributed by atoms with Gasteiger partial charge in [0.1, 0.15) is 0 Å². The van der Waals surface area contributed by atoms with Gasteiger partial charge >= 0.3 is 6.16 Å². The van der Waals surface area contributed by atoms with Crippen LogP contribution in [-0.4, -0.2) is 43.4 Å². The Hall–Kier alpha value is -1.63. The van der Waals surface area contributed by atoms with Gasteiger partial charge in [0, 0.05) is 33.0 Å². The van der Waals surface area contributed by atoms with E-state index in [4.69, 9.17) is 4.74 Å². The number of hydrogen-bond acceptors (Lipinski definition) is 6. The molecule has 1 saturated heterocycles. The Balaban J connectivity index is 2.23. The molecule has 7 heteroatoms. The SMILES string of the molecule is COCCCOC(=O)ON1C(=O)CCC1=O. The number of imide groups is 1. The van der Waals surface area contributed by atoms with Crippen LogP contribution in [0.1, 0.15) is 19.3 Å². The zero-order chi connectivity index (χ0) is 12.0. The summed E-state index contributed by atoms with van der Waals surface area (Å²) in [5.41, 5.74) is 0. The average Bonchev–Trinajstić information content (AvgIpc) is 2.56. The van der Waals surface area contributed by atoms with Gasteiger partial charge in [0.15, 0.2) is 0 Å². The fourth-order valence-corrected chi connectivity index (χ4v) is 1.12. The zero-order valence-corrected chi connectivity index (χ0v) is 8.93. The van der Waals surface area contributed by atoms with E-state index in [-0.39, 0.29) is 19.4 Å². The van der Waals surface area contributed by atoms with Gasteiger partial charge < -0.3 is 9.47 Å². The zero-order valence-electron chi connectivity index (χ0n) is 8.93. The second kappa shape index (κ2) is 6.06. The van der Waals surface area contributed by atoms with Crippen LogP contribution in [-0.2, 0) is 23.9 Å². The van der Waals surface area contributed by atoms with Crippen molar-refractivity contribution < 1.29 is 28.7 Å². The number of ether oxygens (including phenoxy) is 2. The molecule has 1 aliphatic rings. The van der Waals surface area contributed by atoms with Crippen LogP contribution in [0.15, 0.2) is 0 Å². The number of methoxy groups -OCH3 is 1. The first-order valence-electron chi connectivity index (χ1n) is 4.84. The Kier molecular flexibility index (Phi) is 4.71. The largest absolute Gasteiger partial charge is 0.533 e. The van der Waals surface area contributed by atoms with Crippen LogP contribution in [0.5, 0.6) is 0 Å².